The monoisotopic (exact) mass is 223 g/mol. The average molecular weight is 223 g/mol. The van der Waals surface area contributed by atoms with Crippen LogP contribution in [0, 0.1) is 5.82 Å². The lowest BCUT2D eigenvalue weighted by Gasteiger charge is -1.97. The fourth-order valence-corrected chi connectivity index (χ4v) is 2.05. The summed E-state index contributed by atoms with van der Waals surface area (Å²) >= 11 is 1.50. The maximum atomic E-state index is 12.6. The summed E-state index contributed by atoms with van der Waals surface area (Å²) in [6.45, 7) is 0.0283. The first-order chi connectivity index (χ1) is 7.28. The van der Waals surface area contributed by atoms with Gasteiger partial charge in [0.05, 0.1) is 11.6 Å². The maximum absolute atomic E-state index is 12.6. The van der Waals surface area contributed by atoms with Crippen LogP contribution in [0.15, 0.2) is 46.5 Å². The number of hydrogen-bond donors (Lipinski definition) is 2. The number of nitrogens with one attached hydrogen (secondary N) is 1. The molecule has 1 aromatic heterocycles. The summed E-state index contributed by atoms with van der Waals surface area (Å²) in [7, 11) is 0. The van der Waals surface area contributed by atoms with Crippen molar-refractivity contribution in [2.75, 3.05) is 0 Å². The number of H-pyrrole nitrogens is 1. The summed E-state index contributed by atoms with van der Waals surface area (Å²) in [5.41, 5.74) is 0.847. The lowest BCUT2D eigenvalue weighted by atomic mass is 10.4. The topological polar surface area (TPSA) is 36.0 Å². The molecule has 0 saturated carbocycles. The molecule has 78 valence electrons. The predicted molar refractivity (Wildman–Crippen MR) is 57.2 cm³/mol. The van der Waals surface area contributed by atoms with Crippen molar-refractivity contribution in [3.05, 3.63) is 47.9 Å². The van der Waals surface area contributed by atoms with Crippen molar-refractivity contribution >= 4 is 11.8 Å². The number of aliphatic hydroxyl groups is 1. The second-order valence-corrected chi connectivity index (χ2v) is 4.20. The van der Waals surface area contributed by atoms with Gasteiger partial charge in [0, 0.05) is 11.1 Å². The number of hydrogen-bond acceptors (Lipinski definition) is 2. The minimum Gasteiger partial charge on any atom is -0.392 e. The van der Waals surface area contributed by atoms with Crippen molar-refractivity contribution in [1.29, 1.82) is 0 Å². The highest BCUT2D eigenvalue weighted by Gasteiger charge is 2.00. The van der Waals surface area contributed by atoms with E-state index in [1.165, 1.54) is 23.9 Å². The van der Waals surface area contributed by atoms with Crippen molar-refractivity contribution in [2.45, 2.75) is 16.5 Å². The Labute approximate surface area is 91.1 Å². The fourth-order valence-electron chi connectivity index (χ4n) is 1.20. The molecule has 4 heteroatoms. The zero-order chi connectivity index (χ0) is 10.7. The summed E-state index contributed by atoms with van der Waals surface area (Å²) in [5, 5.41) is 9.81. The molecular formula is C11H10FNOS. The van der Waals surface area contributed by atoms with Gasteiger partial charge in [0.25, 0.3) is 0 Å². The van der Waals surface area contributed by atoms with Crippen LogP contribution in [0.4, 0.5) is 4.39 Å². The number of aromatic nitrogens is 1. The quantitative estimate of drug-likeness (QED) is 0.839. The van der Waals surface area contributed by atoms with E-state index in [9.17, 15) is 4.39 Å². The largest absolute Gasteiger partial charge is 0.392 e. The van der Waals surface area contributed by atoms with Gasteiger partial charge in [-0.1, -0.05) is 11.8 Å². The molecule has 0 aliphatic carbocycles. The Balaban J connectivity index is 2.11. The van der Waals surface area contributed by atoms with Gasteiger partial charge in [-0.2, -0.15) is 0 Å². The van der Waals surface area contributed by atoms with Crippen molar-refractivity contribution in [1.82, 2.24) is 4.98 Å². The van der Waals surface area contributed by atoms with Gasteiger partial charge in [0.2, 0.25) is 0 Å². The highest BCUT2D eigenvalue weighted by Crippen LogP contribution is 2.27. The molecule has 2 nitrogen and oxygen atoms in total. The van der Waals surface area contributed by atoms with Gasteiger partial charge in [-0.15, -0.1) is 0 Å². The van der Waals surface area contributed by atoms with Gasteiger partial charge in [0.15, 0.2) is 0 Å². The van der Waals surface area contributed by atoms with Crippen LogP contribution >= 0.6 is 11.8 Å². The first-order valence-corrected chi connectivity index (χ1v) is 5.31. The normalized spacial score (nSPS) is 10.5. The van der Waals surface area contributed by atoms with E-state index in [-0.39, 0.29) is 12.4 Å². The first kappa shape index (κ1) is 10.3. The van der Waals surface area contributed by atoms with Crippen LogP contribution < -0.4 is 0 Å². The highest BCUT2D eigenvalue weighted by molar-refractivity contribution is 7.99. The molecule has 0 fully saturated rings. The number of halogens is 1. The van der Waals surface area contributed by atoms with E-state index in [0.717, 1.165) is 15.5 Å². The Morgan fingerprint density at radius 2 is 2.00 bits per heavy atom. The van der Waals surface area contributed by atoms with E-state index >= 15 is 0 Å². The third-order valence-electron chi connectivity index (χ3n) is 1.94. The Hall–Kier alpha value is -1.26. The van der Waals surface area contributed by atoms with Crippen LogP contribution in [-0.2, 0) is 6.61 Å². The van der Waals surface area contributed by atoms with Crippen molar-refractivity contribution < 1.29 is 9.50 Å². The highest BCUT2D eigenvalue weighted by atomic mass is 32.2. The molecule has 0 amide bonds. The molecule has 1 aromatic carbocycles. The molecule has 0 saturated heterocycles. The lowest BCUT2D eigenvalue weighted by Crippen LogP contribution is -1.75. The fraction of sp³-hybridized carbons (Fsp3) is 0.0909. The van der Waals surface area contributed by atoms with E-state index in [1.54, 1.807) is 18.3 Å². The maximum Gasteiger partial charge on any atom is 0.123 e. The molecule has 2 N–H and O–H groups in total. The first-order valence-electron chi connectivity index (χ1n) is 4.49. The smallest absolute Gasteiger partial charge is 0.123 e. The molecule has 0 aliphatic heterocycles. The van der Waals surface area contributed by atoms with Crippen molar-refractivity contribution in [2.24, 2.45) is 0 Å². The minimum atomic E-state index is -0.234. The Bertz CT molecular complexity index is 438. The second-order valence-electron chi connectivity index (χ2n) is 3.09. The van der Waals surface area contributed by atoms with E-state index in [2.05, 4.69) is 4.98 Å². The van der Waals surface area contributed by atoms with Crippen molar-refractivity contribution in [3.8, 4) is 0 Å². The third kappa shape index (κ3) is 2.61. The summed E-state index contributed by atoms with van der Waals surface area (Å²) in [6, 6.07) is 8.17. The molecule has 2 aromatic rings. The molecule has 0 atom stereocenters. The number of rotatable bonds is 3. The zero-order valence-electron chi connectivity index (χ0n) is 7.90. The SMILES string of the molecule is OCc1c[nH]c(Sc2ccc(F)cc2)c1. The van der Waals surface area contributed by atoms with Crippen LogP contribution in [0.5, 0.6) is 0 Å². The molecule has 0 bridgehead atoms. The van der Waals surface area contributed by atoms with Crippen LogP contribution in [0.25, 0.3) is 0 Å². The molecule has 0 aliphatic rings. The Kier molecular flexibility index (Phi) is 3.08. The van der Waals surface area contributed by atoms with Crippen molar-refractivity contribution in [3.63, 3.8) is 0 Å². The molecule has 15 heavy (non-hydrogen) atoms. The molecule has 1 heterocycles. The number of aliphatic hydroxyl groups excluding tert-OH is 1. The predicted octanol–water partition coefficient (Wildman–Crippen LogP) is 2.80. The summed E-state index contributed by atoms with van der Waals surface area (Å²) < 4.78 is 12.6. The van der Waals surface area contributed by atoms with Crippen LogP contribution in [0.2, 0.25) is 0 Å². The Morgan fingerprint density at radius 3 is 2.60 bits per heavy atom. The minimum absolute atomic E-state index is 0.0283. The van der Waals surface area contributed by atoms with Gasteiger partial charge in [-0.3, -0.25) is 0 Å². The number of aromatic amines is 1. The van der Waals surface area contributed by atoms with Crippen LogP contribution in [-0.4, -0.2) is 10.1 Å². The zero-order valence-corrected chi connectivity index (χ0v) is 8.72. The third-order valence-corrected chi connectivity index (χ3v) is 2.90. The molecule has 0 radical (unpaired) electrons. The van der Waals surface area contributed by atoms with Gasteiger partial charge < -0.3 is 10.1 Å². The average Bonchev–Trinajstić information content (AvgIpc) is 2.69. The van der Waals surface area contributed by atoms with E-state index in [1.807, 2.05) is 6.07 Å². The molecule has 0 unspecified atom stereocenters. The van der Waals surface area contributed by atoms with E-state index in [4.69, 9.17) is 5.11 Å². The standard InChI is InChI=1S/C11H10FNOS/c12-9-1-3-10(4-2-9)15-11-5-8(7-14)6-13-11/h1-6,13-14H,7H2. The molecular weight excluding hydrogens is 213 g/mol. The van der Waals surface area contributed by atoms with Crippen LogP contribution in [0.3, 0.4) is 0 Å². The summed E-state index contributed by atoms with van der Waals surface area (Å²) in [5.74, 6) is -0.234. The van der Waals surface area contributed by atoms with Gasteiger partial charge in [0.1, 0.15) is 5.82 Å². The van der Waals surface area contributed by atoms with E-state index in [0.29, 0.717) is 0 Å². The van der Waals surface area contributed by atoms with Gasteiger partial charge >= 0.3 is 0 Å². The lowest BCUT2D eigenvalue weighted by molar-refractivity contribution is 0.282. The van der Waals surface area contributed by atoms with Crippen LogP contribution in [0.1, 0.15) is 5.56 Å². The van der Waals surface area contributed by atoms with Gasteiger partial charge in [-0.05, 0) is 35.9 Å². The Morgan fingerprint density at radius 1 is 1.27 bits per heavy atom. The molecule has 0 spiro atoms. The summed E-state index contributed by atoms with van der Waals surface area (Å²) in [4.78, 5) is 3.99. The molecule has 2 rings (SSSR count). The number of benzene rings is 1. The van der Waals surface area contributed by atoms with Gasteiger partial charge in [-0.25, -0.2) is 4.39 Å². The second kappa shape index (κ2) is 4.51. The summed E-state index contributed by atoms with van der Waals surface area (Å²) in [6.07, 6.45) is 1.76. The van der Waals surface area contributed by atoms with E-state index < -0.39 is 0 Å².